The zero-order chi connectivity index (χ0) is 14.7. The number of benzene rings is 2. The average Bonchev–Trinajstić information content (AvgIpc) is 2.44. The van der Waals surface area contributed by atoms with Gasteiger partial charge >= 0.3 is 5.97 Å². The van der Waals surface area contributed by atoms with Crippen LogP contribution < -0.4 is 16.2 Å². The molecule has 5 heteroatoms. The monoisotopic (exact) mass is 270 g/mol. The molecule has 0 unspecified atom stereocenters. The normalized spacial score (nSPS) is 10.0. The van der Waals surface area contributed by atoms with E-state index < -0.39 is 5.97 Å². The minimum absolute atomic E-state index is 0.0102. The van der Waals surface area contributed by atoms with Gasteiger partial charge in [0.05, 0.1) is 11.4 Å². The van der Waals surface area contributed by atoms with E-state index in [1.807, 2.05) is 0 Å². The van der Waals surface area contributed by atoms with Crippen LogP contribution in [0.4, 0.5) is 11.4 Å². The van der Waals surface area contributed by atoms with Gasteiger partial charge in [0.1, 0.15) is 5.75 Å². The smallest absolute Gasteiger partial charge is 0.335 e. The standard InChI is InChI=1S/C15H14N2O3/c1-2-15(19)20-14-8-10(4-6-12(14)17)9-3-5-11(16)13(18)7-9/h2-8,18H,1,16-17H2. The lowest BCUT2D eigenvalue weighted by Crippen LogP contribution is -2.05. The molecule has 0 saturated heterocycles. The van der Waals surface area contributed by atoms with Crippen molar-refractivity contribution in [2.24, 2.45) is 0 Å². The van der Waals surface area contributed by atoms with Crippen molar-refractivity contribution in [1.29, 1.82) is 0 Å². The number of phenols is 1. The van der Waals surface area contributed by atoms with Gasteiger partial charge in [0.15, 0.2) is 5.75 Å². The Hall–Kier alpha value is -2.95. The zero-order valence-corrected chi connectivity index (χ0v) is 10.7. The summed E-state index contributed by atoms with van der Waals surface area (Å²) in [6, 6.07) is 9.86. The number of anilines is 2. The lowest BCUT2D eigenvalue weighted by molar-refractivity contribution is -0.128. The Morgan fingerprint density at radius 3 is 2.30 bits per heavy atom. The van der Waals surface area contributed by atoms with E-state index in [1.54, 1.807) is 30.3 Å². The first kappa shape index (κ1) is 13.5. The number of nitrogens with two attached hydrogens (primary N) is 2. The van der Waals surface area contributed by atoms with Crippen LogP contribution in [0, 0.1) is 0 Å². The predicted octanol–water partition coefficient (Wildman–Crippen LogP) is 2.31. The minimum Gasteiger partial charge on any atom is -0.506 e. The summed E-state index contributed by atoms with van der Waals surface area (Å²) in [7, 11) is 0. The number of aromatic hydroxyl groups is 1. The van der Waals surface area contributed by atoms with Crippen molar-refractivity contribution in [2.75, 3.05) is 11.5 Å². The van der Waals surface area contributed by atoms with E-state index in [4.69, 9.17) is 16.2 Å². The summed E-state index contributed by atoms with van der Waals surface area (Å²) in [4.78, 5) is 11.2. The quantitative estimate of drug-likeness (QED) is 0.261. The molecule has 5 nitrogen and oxygen atoms in total. The largest absolute Gasteiger partial charge is 0.506 e. The Labute approximate surface area is 116 Å². The summed E-state index contributed by atoms with van der Waals surface area (Å²) < 4.78 is 5.04. The third-order valence-electron chi connectivity index (χ3n) is 2.75. The summed E-state index contributed by atoms with van der Waals surface area (Å²) in [6.07, 6.45) is 1.06. The molecular weight excluding hydrogens is 256 g/mol. The van der Waals surface area contributed by atoms with Gasteiger partial charge in [-0.05, 0) is 35.4 Å². The summed E-state index contributed by atoms with van der Waals surface area (Å²) in [6.45, 7) is 3.33. The molecule has 0 spiro atoms. The van der Waals surface area contributed by atoms with Crippen molar-refractivity contribution in [2.45, 2.75) is 0 Å². The Bertz CT molecular complexity index is 681. The second-order valence-electron chi connectivity index (χ2n) is 4.15. The van der Waals surface area contributed by atoms with Crippen molar-refractivity contribution in [3.63, 3.8) is 0 Å². The summed E-state index contributed by atoms with van der Waals surface area (Å²) in [5, 5.41) is 9.62. The third-order valence-corrected chi connectivity index (χ3v) is 2.75. The maximum Gasteiger partial charge on any atom is 0.335 e. The highest BCUT2D eigenvalue weighted by Gasteiger charge is 2.08. The molecule has 0 aliphatic heterocycles. The van der Waals surface area contributed by atoms with E-state index in [0.29, 0.717) is 11.4 Å². The van der Waals surface area contributed by atoms with Crippen LogP contribution >= 0.6 is 0 Å². The summed E-state index contributed by atoms with van der Waals surface area (Å²) in [5.41, 5.74) is 13.4. The van der Waals surface area contributed by atoms with Crippen LogP contribution in [-0.4, -0.2) is 11.1 Å². The van der Waals surface area contributed by atoms with Gasteiger partial charge in [-0.1, -0.05) is 18.7 Å². The van der Waals surface area contributed by atoms with E-state index in [-0.39, 0.29) is 11.5 Å². The van der Waals surface area contributed by atoms with Crippen molar-refractivity contribution in [3.05, 3.63) is 49.1 Å². The van der Waals surface area contributed by atoms with E-state index in [9.17, 15) is 9.90 Å². The molecule has 0 bridgehead atoms. The molecule has 0 atom stereocenters. The fourth-order valence-corrected chi connectivity index (χ4v) is 1.68. The van der Waals surface area contributed by atoms with Crippen LogP contribution in [0.5, 0.6) is 11.5 Å². The lowest BCUT2D eigenvalue weighted by Gasteiger charge is -2.09. The number of hydrogen-bond acceptors (Lipinski definition) is 5. The van der Waals surface area contributed by atoms with Crippen molar-refractivity contribution >= 4 is 17.3 Å². The van der Waals surface area contributed by atoms with Gasteiger partial charge in [-0.25, -0.2) is 4.79 Å². The molecule has 0 fully saturated rings. The van der Waals surface area contributed by atoms with Crippen LogP contribution in [-0.2, 0) is 4.79 Å². The van der Waals surface area contributed by atoms with E-state index in [0.717, 1.165) is 17.2 Å². The summed E-state index contributed by atoms with van der Waals surface area (Å²) in [5.74, 6) is -0.360. The van der Waals surface area contributed by atoms with Crippen LogP contribution in [0.15, 0.2) is 49.1 Å². The number of rotatable bonds is 3. The number of carbonyl (C=O) groups is 1. The van der Waals surface area contributed by atoms with Crippen LogP contribution in [0.1, 0.15) is 0 Å². The van der Waals surface area contributed by atoms with E-state index >= 15 is 0 Å². The van der Waals surface area contributed by atoms with Gasteiger partial charge < -0.3 is 21.3 Å². The van der Waals surface area contributed by atoms with Gasteiger partial charge in [-0.2, -0.15) is 0 Å². The highest BCUT2D eigenvalue weighted by molar-refractivity contribution is 5.85. The molecule has 0 aromatic heterocycles. The molecule has 20 heavy (non-hydrogen) atoms. The minimum atomic E-state index is -0.589. The molecule has 0 amide bonds. The Morgan fingerprint density at radius 1 is 1.10 bits per heavy atom. The number of esters is 1. The number of nitrogen functional groups attached to an aromatic ring is 2. The number of hydrogen-bond donors (Lipinski definition) is 3. The first-order chi connectivity index (χ1) is 9.51. The Balaban J connectivity index is 2.42. The highest BCUT2D eigenvalue weighted by atomic mass is 16.5. The predicted molar refractivity (Wildman–Crippen MR) is 78.2 cm³/mol. The maximum absolute atomic E-state index is 11.2. The van der Waals surface area contributed by atoms with Gasteiger partial charge in [0, 0.05) is 6.08 Å². The molecule has 0 aliphatic rings. The van der Waals surface area contributed by atoms with Crippen LogP contribution in [0.3, 0.4) is 0 Å². The molecule has 0 heterocycles. The highest BCUT2D eigenvalue weighted by Crippen LogP contribution is 2.32. The Kier molecular flexibility index (Phi) is 3.61. The fourth-order valence-electron chi connectivity index (χ4n) is 1.68. The number of carbonyl (C=O) groups excluding carboxylic acids is 1. The Morgan fingerprint density at radius 2 is 1.70 bits per heavy atom. The molecule has 2 rings (SSSR count). The maximum atomic E-state index is 11.2. The van der Waals surface area contributed by atoms with Gasteiger partial charge in [-0.3, -0.25) is 0 Å². The molecule has 2 aromatic rings. The topological polar surface area (TPSA) is 98.6 Å². The molecular formula is C15H14N2O3. The molecule has 0 saturated carbocycles. The van der Waals surface area contributed by atoms with Crippen LogP contribution in [0.2, 0.25) is 0 Å². The lowest BCUT2D eigenvalue weighted by atomic mass is 10.0. The second-order valence-corrected chi connectivity index (χ2v) is 4.15. The van der Waals surface area contributed by atoms with Crippen LogP contribution in [0.25, 0.3) is 11.1 Å². The number of ether oxygens (including phenoxy) is 1. The molecule has 0 radical (unpaired) electrons. The van der Waals surface area contributed by atoms with Crippen molar-refractivity contribution in [3.8, 4) is 22.6 Å². The van der Waals surface area contributed by atoms with E-state index in [2.05, 4.69) is 6.58 Å². The molecule has 5 N–H and O–H groups in total. The average molecular weight is 270 g/mol. The summed E-state index contributed by atoms with van der Waals surface area (Å²) >= 11 is 0. The molecule has 0 aliphatic carbocycles. The first-order valence-corrected chi connectivity index (χ1v) is 5.84. The SMILES string of the molecule is C=CC(=O)Oc1cc(-c2ccc(N)c(O)c2)ccc1N. The zero-order valence-electron chi connectivity index (χ0n) is 10.7. The number of phenolic OH excluding ortho intramolecular Hbond substituents is 1. The van der Waals surface area contributed by atoms with E-state index in [1.165, 1.54) is 6.07 Å². The molecule has 102 valence electrons. The van der Waals surface area contributed by atoms with Crippen molar-refractivity contribution < 1.29 is 14.6 Å². The van der Waals surface area contributed by atoms with Crippen molar-refractivity contribution in [1.82, 2.24) is 0 Å². The van der Waals surface area contributed by atoms with Gasteiger partial charge in [0.25, 0.3) is 0 Å². The molecule has 2 aromatic carbocycles. The first-order valence-electron chi connectivity index (χ1n) is 5.84. The fraction of sp³-hybridized carbons (Fsp3) is 0. The van der Waals surface area contributed by atoms with Gasteiger partial charge in [-0.15, -0.1) is 0 Å². The second kappa shape index (κ2) is 5.36. The van der Waals surface area contributed by atoms with Gasteiger partial charge in [0.2, 0.25) is 0 Å². The third kappa shape index (κ3) is 2.72.